The minimum absolute atomic E-state index is 0.0296. The van der Waals surface area contributed by atoms with Crippen molar-refractivity contribution in [2.75, 3.05) is 75.9 Å². The Balaban J connectivity index is 0.678. The summed E-state index contributed by atoms with van der Waals surface area (Å²) in [6.45, 7) is 8.88. The van der Waals surface area contributed by atoms with Crippen LogP contribution in [0.1, 0.15) is 94.1 Å². The van der Waals surface area contributed by atoms with Crippen LogP contribution in [0.5, 0.6) is 5.75 Å². The third-order valence-corrected chi connectivity index (χ3v) is 14.1. The van der Waals surface area contributed by atoms with Gasteiger partial charge in [0.1, 0.15) is 29.8 Å². The monoisotopic (exact) mass is 919 g/mol. The average molecular weight is 920 g/mol. The summed E-state index contributed by atoms with van der Waals surface area (Å²) >= 11 is 0. The Morgan fingerprint density at radius 3 is 2.42 bits per heavy atom. The number of nitrogens with zero attached hydrogens (tertiary/aromatic N) is 10. The number of fused-ring (bicyclic) bond motifs is 2. The summed E-state index contributed by atoms with van der Waals surface area (Å²) in [6.07, 6.45) is 6.04. The number of aromatic nitrogens is 5. The molecular formula is C48H55F2N11O6. The normalized spacial score (nSPS) is 21.9. The number of alkyl halides is 2. The van der Waals surface area contributed by atoms with Gasteiger partial charge < -0.3 is 29.1 Å². The number of imide groups is 1. The highest BCUT2D eigenvalue weighted by molar-refractivity contribution is 6.09. The van der Waals surface area contributed by atoms with Crippen molar-refractivity contribution in [3.63, 3.8) is 0 Å². The maximum atomic E-state index is 14.5. The highest BCUT2D eigenvalue weighted by Gasteiger charge is 2.40. The molecule has 352 valence electrons. The van der Waals surface area contributed by atoms with Crippen LogP contribution in [0.3, 0.4) is 0 Å². The molecule has 1 N–H and O–H groups in total. The van der Waals surface area contributed by atoms with Crippen molar-refractivity contribution in [2.45, 2.75) is 76.7 Å². The zero-order valence-corrected chi connectivity index (χ0v) is 37.6. The van der Waals surface area contributed by atoms with Gasteiger partial charge in [-0.15, -0.1) is 0 Å². The Hall–Kier alpha value is -6.31. The highest BCUT2D eigenvalue weighted by Crippen LogP contribution is 2.37. The fourth-order valence-corrected chi connectivity index (χ4v) is 10.2. The van der Waals surface area contributed by atoms with E-state index in [1.54, 1.807) is 29.2 Å². The number of piperazine rings is 1. The highest BCUT2D eigenvalue weighted by atomic mass is 19.3. The van der Waals surface area contributed by atoms with Crippen molar-refractivity contribution in [2.24, 2.45) is 5.92 Å². The molecule has 5 aromatic rings. The van der Waals surface area contributed by atoms with Crippen LogP contribution in [0.2, 0.25) is 0 Å². The third kappa shape index (κ3) is 9.36. The molecule has 4 fully saturated rings. The molecule has 2 aromatic carbocycles. The van der Waals surface area contributed by atoms with Crippen molar-refractivity contribution < 1.29 is 37.4 Å². The van der Waals surface area contributed by atoms with E-state index in [9.17, 15) is 28.0 Å². The summed E-state index contributed by atoms with van der Waals surface area (Å²) in [6, 6.07) is 14.9. The van der Waals surface area contributed by atoms with Gasteiger partial charge >= 0.3 is 0 Å². The summed E-state index contributed by atoms with van der Waals surface area (Å²) < 4.78 is 43.8. The van der Waals surface area contributed by atoms with Crippen LogP contribution in [-0.4, -0.2) is 135 Å². The molecule has 19 heteroatoms. The molecule has 67 heavy (non-hydrogen) atoms. The number of halogens is 2. The van der Waals surface area contributed by atoms with E-state index in [0.717, 1.165) is 76.1 Å². The topological polar surface area (TPSA) is 163 Å². The lowest BCUT2D eigenvalue weighted by Gasteiger charge is -2.38. The minimum atomic E-state index is -2.85. The first-order valence-electron chi connectivity index (χ1n) is 23.3. The number of benzene rings is 2. The second kappa shape index (κ2) is 19.1. The third-order valence-electron chi connectivity index (χ3n) is 14.1. The van der Waals surface area contributed by atoms with E-state index in [1.807, 2.05) is 12.1 Å². The van der Waals surface area contributed by atoms with Gasteiger partial charge in [0.05, 0.1) is 37.7 Å². The largest absolute Gasteiger partial charge is 0.489 e. The number of carbonyl (C=O) groups excluding carboxylic acids is 4. The number of piperidine rings is 1. The number of hydrogen-bond donors (Lipinski definition) is 1. The Bertz CT molecular complexity index is 2630. The number of ether oxygens (including phenoxy) is 2. The molecule has 1 saturated carbocycles. The first-order valence-corrected chi connectivity index (χ1v) is 23.3. The first-order chi connectivity index (χ1) is 32.6. The summed E-state index contributed by atoms with van der Waals surface area (Å²) in [5.74, 6) is 0.372. The summed E-state index contributed by atoms with van der Waals surface area (Å²) in [4.78, 5) is 65.8. The van der Waals surface area contributed by atoms with Crippen molar-refractivity contribution in [1.82, 2.24) is 44.4 Å². The molecule has 17 nitrogen and oxygen atoms in total. The minimum Gasteiger partial charge on any atom is -0.489 e. The molecule has 7 heterocycles. The van der Waals surface area contributed by atoms with Gasteiger partial charge in [-0.2, -0.15) is 10.2 Å². The van der Waals surface area contributed by atoms with E-state index in [1.165, 1.54) is 33.1 Å². The van der Waals surface area contributed by atoms with Gasteiger partial charge in [-0.3, -0.25) is 34.1 Å². The average Bonchev–Trinajstić information content (AvgIpc) is 4.08. The van der Waals surface area contributed by atoms with Gasteiger partial charge in [0.15, 0.2) is 11.3 Å². The zero-order valence-electron chi connectivity index (χ0n) is 37.6. The van der Waals surface area contributed by atoms with Crippen molar-refractivity contribution >= 4 is 40.8 Å². The number of nitrogens with one attached hydrogen (secondary N) is 1. The lowest BCUT2D eigenvalue weighted by molar-refractivity contribution is -0.136. The molecule has 1 atom stereocenters. The summed E-state index contributed by atoms with van der Waals surface area (Å²) in [5, 5.41) is 11.0. The number of anilines is 2. The number of hydrogen-bond acceptors (Lipinski definition) is 12. The Morgan fingerprint density at radius 1 is 0.925 bits per heavy atom. The lowest BCUT2D eigenvalue weighted by atomic mass is 9.85. The molecule has 4 amide bonds. The van der Waals surface area contributed by atoms with Crippen LogP contribution in [0, 0.1) is 5.92 Å². The SMILES string of the molecule is CN(C(=O)c1cnn2ccc(N3CCOCC3)nc12)c1cn(C2CCC(CN3CCN(Cc4ccc(COc5cccc6c5CN(C5CCC(=O)NC5=O)C6=O)cc4)CC3)CC2)nc1C(F)F. The Morgan fingerprint density at radius 2 is 1.67 bits per heavy atom. The van der Waals surface area contributed by atoms with Gasteiger partial charge in [-0.1, -0.05) is 30.3 Å². The van der Waals surface area contributed by atoms with Crippen molar-refractivity contribution in [1.29, 1.82) is 0 Å². The first kappa shape index (κ1) is 44.5. The Kier molecular flexibility index (Phi) is 12.7. The second-order valence-corrected chi connectivity index (χ2v) is 18.3. The zero-order chi connectivity index (χ0) is 46.2. The van der Waals surface area contributed by atoms with Crippen molar-refractivity contribution in [3.8, 4) is 5.75 Å². The van der Waals surface area contributed by atoms with E-state index in [4.69, 9.17) is 14.5 Å². The molecule has 3 aromatic heterocycles. The number of morpholine rings is 1. The van der Waals surface area contributed by atoms with Crippen LogP contribution in [0.4, 0.5) is 20.3 Å². The molecule has 5 aliphatic rings. The molecule has 0 spiro atoms. The van der Waals surface area contributed by atoms with Gasteiger partial charge in [0.25, 0.3) is 18.2 Å². The lowest BCUT2D eigenvalue weighted by Crippen LogP contribution is -2.52. The molecule has 0 radical (unpaired) electrons. The van der Waals surface area contributed by atoms with Crippen LogP contribution >= 0.6 is 0 Å². The molecule has 3 saturated heterocycles. The number of carbonyl (C=O) groups is 4. The maximum absolute atomic E-state index is 14.5. The van der Waals surface area contributed by atoms with Crippen LogP contribution in [0.25, 0.3) is 5.65 Å². The Labute approximate surface area is 386 Å². The van der Waals surface area contributed by atoms with Gasteiger partial charge in [-0.05, 0) is 67.3 Å². The molecule has 0 bridgehead atoms. The van der Waals surface area contributed by atoms with E-state index in [-0.39, 0.29) is 42.1 Å². The van der Waals surface area contributed by atoms with Crippen LogP contribution in [0.15, 0.2) is 67.1 Å². The summed E-state index contributed by atoms with van der Waals surface area (Å²) in [5.41, 5.74) is 3.77. The fourth-order valence-electron chi connectivity index (χ4n) is 10.2. The van der Waals surface area contributed by atoms with Crippen molar-refractivity contribution in [3.05, 3.63) is 101 Å². The van der Waals surface area contributed by atoms with E-state index in [2.05, 4.69) is 54.5 Å². The standard InChI is InChI=1S/C48H55F2N11O6/c1-55(47(64)36-25-51-60-16-15-41(52-45(36)60)58-21-23-66-24-22-58)39-29-61(54-43(39)44(49)50)34-11-9-32(10-12-34)27-57-19-17-56(18-20-57)26-31-5-7-33(8-6-31)30-67-40-4-2-3-35-37(40)28-59(48(35)65)38-13-14-42(62)53-46(38)63/h2-8,15-16,25,29,32,34,38,44H,9-14,17-24,26-28,30H2,1H3,(H,53,62,63). The van der Waals surface area contributed by atoms with E-state index >= 15 is 0 Å². The van der Waals surface area contributed by atoms with Crippen LogP contribution < -0.4 is 19.9 Å². The quantitative estimate of drug-likeness (QED) is 0.160. The predicted octanol–water partition coefficient (Wildman–Crippen LogP) is 4.87. The van der Waals surface area contributed by atoms with Crippen LogP contribution in [-0.2, 0) is 34.0 Å². The molecule has 1 unspecified atom stereocenters. The molecule has 1 aliphatic carbocycles. The van der Waals surface area contributed by atoms with Gasteiger partial charge in [0.2, 0.25) is 11.8 Å². The predicted molar refractivity (Wildman–Crippen MR) is 242 cm³/mol. The number of amides is 4. The molecule has 10 rings (SSSR count). The number of rotatable bonds is 13. The maximum Gasteiger partial charge on any atom is 0.284 e. The smallest absolute Gasteiger partial charge is 0.284 e. The van der Waals surface area contributed by atoms with Gasteiger partial charge in [0, 0.05) is 89.3 Å². The van der Waals surface area contributed by atoms with E-state index < -0.39 is 30.0 Å². The fraction of sp³-hybridized carbons (Fsp3) is 0.479. The molecule has 4 aliphatic heterocycles. The van der Waals surface area contributed by atoms with E-state index in [0.29, 0.717) is 68.0 Å². The second-order valence-electron chi connectivity index (χ2n) is 18.3. The molecular weight excluding hydrogens is 865 g/mol. The summed E-state index contributed by atoms with van der Waals surface area (Å²) in [7, 11) is 1.50. The van der Waals surface area contributed by atoms with Gasteiger partial charge in [-0.25, -0.2) is 18.3 Å².